The van der Waals surface area contributed by atoms with E-state index in [4.69, 9.17) is 33.5 Å². The molecule has 0 aromatic heterocycles. The Hall–Kier alpha value is -1.83. The zero-order valence-corrected chi connectivity index (χ0v) is 46.6. The molecule has 16 heteroatoms. The third kappa shape index (κ3) is 20.0. The number of likely N-dealkylation sites (N-methyl/N-ethyl adjacent to an activating group) is 1. The van der Waals surface area contributed by atoms with Crippen molar-refractivity contribution in [3.05, 3.63) is 0 Å². The molecule has 0 aromatic rings. The van der Waals surface area contributed by atoms with Gasteiger partial charge in [-0.15, -0.1) is 0 Å². The predicted molar refractivity (Wildman–Crippen MR) is 273 cm³/mol. The van der Waals surface area contributed by atoms with E-state index < -0.39 is 114 Å². The number of carbonyl (C=O) groups is 3. The molecular formula is C55H103NO15. The smallest absolute Gasteiger partial charge is 0.311 e. The fraction of sp³-hybridized carbons (Fsp3) is 0.945. The van der Waals surface area contributed by atoms with E-state index in [0.717, 1.165) is 12.8 Å². The number of hydrogen-bond acceptors (Lipinski definition) is 15. The summed E-state index contributed by atoms with van der Waals surface area (Å²) in [6.07, 6.45) is 10.5. The van der Waals surface area contributed by atoms with Crippen molar-refractivity contribution >= 4 is 17.7 Å². The number of nitrogens with zero attached hydrogens (tertiary/aromatic N) is 1. The molecule has 3 aliphatic heterocycles. The van der Waals surface area contributed by atoms with E-state index in [0.29, 0.717) is 12.8 Å². The second-order valence-corrected chi connectivity index (χ2v) is 22.6. The Bertz CT molecular complexity index is 1530. The molecule has 0 saturated carbocycles. The SMILES string of the molecule is CCCCCCCCCCCCCCCCCC(=O)O.CC[C@H]1OC(=O)[C@H](C)[C@@H](OC2C[C@](C)(OC)[C@H](O)[C@@H](C)O2)C(C)[C@@H](OC2O[C@H](C)C[C@H](N(C)C)[C@H]2O)[C@](C)(O)C[C@@H](C)C(=O)[C@H](C)[C@@H](O)[C@]1(C)O. The van der Waals surface area contributed by atoms with E-state index in [1.165, 1.54) is 111 Å². The third-order valence-corrected chi connectivity index (χ3v) is 15.8. The first-order chi connectivity index (χ1) is 33.2. The van der Waals surface area contributed by atoms with E-state index in [2.05, 4.69) is 6.92 Å². The van der Waals surface area contributed by atoms with E-state index in [1.54, 1.807) is 41.5 Å². The molecule has 3 unspecified atom stereocenters. The van der Waals surface area contributed by atoms with Crippen molar-refractivity contribution in [2.24, 2.45) is 23.7 Å². The summed E-state index contributed by atoms with van der Waals surface area (Å²) in [6, 6.07) is -0.324. The number of esters is 1. The number of ether oxygens (including phenoxy) is 6. The fourth-order valence-electron chi connectivity index (χ4n) is 11.1. The molecule has 3 heterocycles. The fourth-order valence-corrected chi connectivity index (χ4v) is 11.1. The Morgan fingerprint density at radius 2 is 1.25 bits per heavy atom. The summed E-state index contributed by atoms with van der Waals surface area (Å²) in [5.74, 6) is -5.63. The average Bonchev–Trinajstić information content (AvgIpc) is 3.31. The monoisotopic (exact) mass is 1020 g/mol. The van der Waals surface area contributed by atoms with Gasteiger partial charge < -0.3 is 64.0 Å². The number of carboxylic acid groups (broad SMARTS) is 1. The van der Waals surface area contributed by atoms with Crippen LogP contribution in [0.5, 0.6) is 0 Å². The zero-order valence-electron chi connectivity index (χ0n) is 46.6. The highest BCUT2D eigenvalue weighted by molar-refractivity contribution is 5.83. The molecule has 418 valence electrons. The number of Topliss-reactive ketones (excluding diaryl/α,β-unsaturated/α-hetero) is 1. The summed E-state index contributed by atoms with van der Waals surface area (Å²) in [5.41, 5.74) is -4.84. The molecule has 0 bridgehead atoms. The van der Waals surface area contributed by atoms with Crippen LogP contribution in [-0.4, -0.2) is 159 Å². The molecule has 0 aliphatic carbocycles. The molecule has 6 N–H and O–H groups in total. The van der Waals surface area contributed by atoms with Gasteiger partial charge >= 0.3 is 11.9 Å². The molecule has 3 saturated heterocycles. The first-order valence-electron chi connectivity index (χ1n) is 27.5. The maximum Gasteiger partial charge on any atom is 0.311 e. The zero-order chi connectivity index (χ0) is 53.9. The van der Waals surface area contributed by atoms with Gasteiger partial charge in [-0.05, 0) is 81.3 Å². The second-order valence-electron chi connectivity index (χ2n) is 22.6. The molecule has 71 heavy (non-hydrogen) atoms. The number of aliphatic carboxylic acids is 1. The molecule has 16 nitrogen and oxygen atoms in total. The van der Waals surface area contributed by atoms with Crippen LogP contribution >= 0.6 is 0 Å². The number of unbranched alkanes of at least 4 members (excludes halogenated alkanes) is 14. The lowest BCUT2D eigenvalue weighted by molar-refractivity contribution is -0.318. The van der Waals surface area contributed by atoms with Gasteiger partial charge in [0.2, 0.25) is 0 Å². The van der Waals surface area contributed by atoms with Gasteiger partial charge in [-0.2, -0.15) is 0 Å². The van der Waals surface area contributed by atoms with Crippen molar-refractivity contribution in [2.45, 2.75) is 289 Å². The van der Waals surface area contributed by atoms with Gasteiger partial charge in [-0.1, -0.05) is 125 Å². The summed E-state index contributed by atoms with van der Waals surface area (Å²) in [6.45, 7) is 18.6. The number of carbonyl (C=O) groups excluding carboxylic acids is 2. The molecule has 0 spiro atoms. The van der Waals surface area contributed by atoms with E-state index in [9.17, 15) is 39.9 Å². The Balaban J connectivity index is 0.000000725. The quantitative estimate of drug-likeness (QED) is 0.0419. The Kier molecular flexibility index (Phi) is 28.8. The van der Waals surface area contributed by atoms with Crippen molar-refractivity contribution in [3.63, 3.8) is 0 Å². The third-order valence-electron chi connectivity index (χ3n) is 15.8. The second kappa shape index (κ2) is 31.3. The molecule has 3 aliphatic rings. The van der Waals surface area contributed by atoms with Crippen molar-refractivity contribution in [1.29, 1.82) is 0 Å². The van der Waals surface area contributed by atoms with Crippen LogP contribution in [0.2, 0.25) is 0 Å². The highest BCUT2D eigenvalue weighted by atomic mass is 16.7. The number of carboxylic acids is 1. The van der Waals surface area contributed by atoms with Crippen LogP contribution in [0.15, 0.2) is 0 Å². The number of rotatable bonds is 23. The van der Waals surface area contributed by atoms with Gasteiger partial charge in [0.15, 0.2) is 12.6 Å². The van der Waals surface area contributed by atoms with Crippen LogP contribution in [0, 0.1) is 23.7 Å². The van der Waals surface area contributed by atoms with Gasteiger partial charge in [0.05, 0.1) is 47.6 Å². The molecular weight excluding hydrogens is 915 g/mol. The summed E-state index contributed by atoms with van der Waals surface area (Å²) >= 11 is 0. The first-order valence-corrected chi connectivity index (χ1v) is 27.5. The van der Waals surface area contributed by atoms with Crippen LogP contribution in [0.25, 0.3) is 0 Å². The maximum atomic E-state index is 14.1. The van der Waals surface area contributed by atoms with E-state index in [1.807, 2.05) is 25.9 Å². The highest BCUT2D eigenvalue weighted by Crippen LogP contribution is 2.41. The Labute approximate surface area is 428 Å². The van der Waals surface area contributed by atoms with Gasteiger partial charge in [-0.25, -0.2) is 0 Å². The average molecular weight is 1020 g/mol. The highest BCUT2D eigenvalue weighted by Gasteiger charge is 2.53. The number of methoxy groups -OCH3 is 1. The number of cyclic esters (lactones) is 1. The normalized spacial score (nSPS) is 38.8. The lowest BCUT2D eigenvalue weighted by Gasteiger charge is -2.49. The first kappa shape index (κ1) is 65.3. The molecule has 0 amide bonds. The molecule has 0 radical (unpaired) electrons. The van der Waals surface area contributed by atoms with Crippen molar-refractivity contribution in [1.82, 2.24) is 4.90 Å². The maximum absolute atomic E-state index is 14.1. The van der Waals surface area contributed by atoms with Gasteiger partial charge in [0.25, 0.3) is 0 Å². The van der Waals surface area contributed by atoms with Gasteiger partial charge in [0.1, 0.15) is 29.7 Å². The number of aliphatic hydroxyl groups excluding tert-OH is 3. The van der Waals surface area contributed by atoms with Crippen LogP contribution in [-0.2, 0) is 42.8 Å². The summed E-state index contributed by atoms with van der Waals surface area (Å²) in [5, 5.41) is 66.1. The molecule has 0 aromatic carbocycles. The van der Waals surface area contributed by atoms with Crippen molar-refractivity contribution < 1.29 is 73.4 Å². The van der Waals surface area contributed by atoms with Gasteiger partial charge in [-0.3, -0.25) is 14.4 Å². The molecule has 3 rings (SSSR count). The van der Waals surface area contributed by atoms with Crippen molar-refractivity contribution in [3.8, 4) is 0 Å². The lowest BCUT2D eigenvalue weighted by atomic mass is 9.74. The Morgan fingerprint density at radius 3 is 1.73 bits per heavy atom. The number of hydrogen-bond donors (Lipinski definition) is 6. The molecule has 18 atom stereocenters. The topological polar surface area (TPSA) is 231 Å². The Morgan fingerprint density at radius 1 is 0.732 bits per heavy atom. The predicted octanol–water partition coefficient (Wildman–Crippen LogP) is 8.12. The van der Waals surface area contributed by atoms with Crippen molar-refractivity contribution in [2.75, 3.05) is 21.2 Å². The minimum absolute atomic E-state index is 0.0936. The lowest BCUT2D eigenvalue weighted by Crippen LogP contribution is -2.61. The standard InChI is InChI=1S/C37H67NO13.C18H36O2/c1-14-25-37(10,45)30(41)20(4)27(39)18(2)16-35(8,44)32(51-34-28(40)24(38(11)12)15-19(3)47-34)21(5)29(22(6)33(43)49-25)50-26-17-36(9,46-13)31(42)23(7)48-26;1-2-3-4-5-6-7-8-9-10-11-12-13-14-15-16-17-18(19)20/h18-26,28-32,34,40-42,44-45H,14-17H2,1-13H3;2-17H2,1H3,(H,19,20)/t18-,19-,20+,21?,22-,23-,24+,25-,26?,28-,29+,30-,31-,32-,34?,35-,36+,37-;/m1./s1. The largest absolute Gasteiger partial charge is 0.481 e. The molecule has 3 fully saturated rings. The minimum Gasteiger partial charge on any atom is -0.481 e. The number of ketones is 1. The van der Waals surface area contributed by atoms with Crippen LogP contribution in [0.1, 0.15) is 205 Å². The van der Waals surface area contributed by atoms with E-state index >= 15 is 0 Å². The van der Waals surface area contributed by atoms with Crippen LogP contribution in [0.4, 0.5) is 0 Å². The summed E-state index contributed by atoms with van der Waals surface area (Å²) < 4.78 is 37.1. The number of aliphatic hydroxyl groups is 5. The van der Waals surface area contributed by atoms with Gasteiger partial charge in [0, 0.05) is 43.7 Å². The van der Waals surface area contributed by atoms with Crippen LogP contribution < -0.4 is 0 Å². The van der Waals surface area contributed by atoms with Crippen LogP contribution in [0.3, 0.4) is 0 Å². The summed E-state index contributed by atoms with van der Waals surface area (Å²) in [4.78, 5) is 40.1. The summed E-state index contributed by atoms with van der Waals surface area (Å²) in [7, 11) is 5.18. The van der Waals surface area contributed by atoms with E-state index in [-0.39, 0.29) is 31.4 Å². The minimum atomic E-state index is -1.99.